The molecular formula is C12H23NO4. The van der Waals surface area contributed by atoms with E-state index in [9.17, 15) is 9.90 Å². The van der Waals surface area contributed by atoms with Crippen LogP contribution in [0, 0.1) is 5.41 Å². The Morgan fingerprint density at radius 1 is 1.41 bits per heavy atom. The van der Waals surface area contributed by atoms with E-state index in [1.807, 2.05) is 20.8 Å². The van der Waals surface area contributed by atoms with Gasteiger partial charge in [0.15, 0.2) is 0 Å². The van der Waals surface area contributed by atoms with E-state index in [4.69, 9.17) is 9.84 Å². The Balaban J connectivity index is 2.57. The molecule has 0 aromatic carbocycles. The zero-order chi connectivity index (χ0) is 13.1. The van der Waals surface area contributed by atoms with Crippen molar-refractivity contribution in [2.75, 3.05) is 26.3 Å². The number of ether oxygens (including phenoxy) is 1. The van der Waals surface area contributed by atoms with Crippen molar-refractivity contribution < 1.29 is 19.7 Å². The SMILES string of the molecule is CC(C)(C)OC(=O)N1CCC(CO)(CCO)C1. The fourth-order valence-corrected chi connectivity index (χ4v) is 2.07. The predicted molar refractivity (Wildman–Crippen MR) is 63.6 cm³/mol. The topological polar surface area (TPSA) is 70.0 Å². The Morgan fingerprint density at radius 3 is 2.53 bits per heavy atom. The van der Waals surface area contributed by atoms with Crippen molar-refractivity contribution in [2.24, 2.45) is 5.41 Å². The summed E-state index contributed by atoms with van der Waals surface area (Å²) in [5.74, 6) is 0. The number of nitrogens with zero attached hydrogens (tertiary/aromatic N) is 1. The van der Waals surface area contributed by atoms with Crippen molar-refractivity contribution in [3.63, 3.8) is 0 Å². The number of likely N-dealkylation sites (tertiary alicyclic amines) is 1. The summed E-state index contributed by atoms with van der Waals surface area (Å²) in [6.07, 6.45) is 0.886. The normalized spacial score (nSPS) is 25.1. The minimum atomic E-state index is -0.501. The average molecular weight is 245 g/mol. The molecule has 5 nitrogen and oxygen atoms in total. The lowest BCUT2D eigenvalue weighted by atomic mass is 9.85. The smallest absolute Gasteiger partial charge is 0.410 e. The summed E-state index contributed by atoms with van der Waals surface area (Å²) >= 11 is 0. The molecule has 0 bridgehead atoms. The molecule has 0 radical (unpaired) electrons. The van der Waals surface area contributed by atoms with E-state index in [1.165, 1.54) is 0 Å². The third-order valence-corrected chi connectivity index (χ3v) is 3.07. The van der Waals surface area contributed by atoms with E-state index in [0.29, 0.717) is 25.9 Å². The van der Waals surface area contributed by atoms with Gasteiger partial charge in [-0.15, -0.1) is 0 Å². The van der Waals surface area contributed by atoms with Crippen molar-refractivity contribution in [3.05, 3.63) is 0 Å². The number of aliphatic hydroxyl groups is 2. The molecule has 5 heteroatoms. The number of hydrogen-bond donors (Lipinski definition) is 2. The number of rotatable bonds is 3. The van der Waals surface area contributed by atoms with E-state index in [1.54, 1.807) is 4.90 Å². The maximum absolute atomic E-state index is 11.8. The zero-order valence-corrected chi connectivity index (χ0v) is 10.9. The first-order chi connectivity index (χ1) is 7.82. The minimum absolute atomic E-state index is 0.00709. The first-order valence-electron chi connectivity index (χ1n) is 6.02. The van der Waals surface area contributed by atoms with Gasteiger partial charge in [-0.1, -0.05) is 0 Å². The second-order valence-electron chi connectivity index (χ2n) is 5.78. The van der Waals surface area contributed by atoms with Crippen molar-refractivity contribution in [3.8, 4) is 0 Å². The van der Waals surface area contributed by atoms with E-state index in [2.05, 4.69) is 0 Å². The lowest BCUT2D eigenvalue weighted by Crippen LogP contribution is -2.38. The monoisotopic (exact) mass is 245 g/mol. The molecule has 0 saturated carbocycles. The largest absolute Gasteiger partial charge is 0.444 e. The Kier molecular flexibility index (Phi) is 4.38. The highest BCUT2D eigenvalue weighted by Crippen LogP contribution is 2.33. The molecule has 100 valence electrons. The van der Waals surface area contributed by atoms with Gasteiger partial charge in [0.1, 0.15) is 5.60 Å². The average Bonchev–Trinajstić information content (AvgIpc) is 2.61. The van der Waals surface area contributed by atoms with Gasteiger partial charge in [0.25, 0.3) is 0 Å². The van der Waals surface area contributed by atoms with Crippen LogP contribution in [0.2, 0.25) is 0 Å². The van der Waals surface area contributed by atoms with Crippen LogP contribution in [0.3, 0.4) is 0 Å². The van der Waals surface area contributed by atoms with Crippen molar-refractivity contribution >= 4 is 6.09 Å². The lowest BCUT2D eigenvalue weighted by molar-refractivity contribution is 0.0239. The molecule has 1 rings (SSSR count). The Labute approximate surface area is 102 Å². The third kappa shape index (κ3) is 3.85. The van der Waals surface area contributed by atoms with Crippen LogP contribution in [0.1, 0.15) is 33.6 Å². The van der Waals surface area contributed by atoms with Gasteiger partial charge in [0.2, 0.25) is 0 Å². The van der Waals surface area contributed by atoms with Crippen LogP contribution in [-0.4, -0.2) is 53.1 Å². The van der Waals surface area contributed by atoms with Crippen molar-refractivity contribution in [1.82, 2.24) is 4.90 Å². The van der Waals surface area contributed by atoms with Gasteiger partial charge >= 0.3 is 6.09 Å². The molecule has 1 amide bonds. The Hall–Kier alpha value is -0.810. The Bertz CT molecular complexity index is 274. The van der Waals surface area contributed by atoms with Gasteiger partial charge in [-0.05, 0) is 33.6 Å². The van der Waals surface area contributed by atoms with E-state index >= 15 is 0 Å². The first-order valence-corrected chi connectivity index (χ1v) is 6.02. The molecule has 0 aliphatic carbocycles. The summed E-state index contributed by atoms with van der Waals surface area (Å²) in [7, 11) is 0. The molecule has 0 aromatic rings. The summed E-state index contributed by atoms with van der Waals surface area (Å²) in [5, 5.41) is 18.4. The molecule has 1 unspecified atom stereocenters. The number of aliphatic hydroxyl groups excluding tert-OH is 2. The van der Waals surface area contributed by atoms with Crippen LogP contribution >= 0.6 is 0 Å². The first kappa shape index (κ1) is 14.3. The molecule has 2 N–H and O–H groups in total. The molecule has 1 aliphatic rings. The van der Waals surface area contributed by atoms with Crippen LogP contribution in [-0.2, 0) is 4.74 Å². The summed E-state index contributed by atoms with van der Waals surface area (Å²) in [6.45, 7) is 6.54. The molecular weight excluding hydrogens is 222 g/mol. The zero-order valence-electron chi connectivity index (χ0n) is 10.9. The number of carbonyl (C=O) groups is 1. The molecule has 0 aromatic heterocycles. The summed E-state index contributed by atoms with van der Waals surface area (Å²) in [4.78, 5) is 13.4. The molecule has 1 heterocycles. The fraction of sp³-hybridized carbons (Fsp3) is 0.917. The van der Waals surface area contributed by atoms with E-state index in [-0.39, 0.29) is 24.7 Å². The van der Waals surface area contributed by atoms with Crippen LogP contribution in [0.4, 0.5) is 4.79 Å². The Morgan fingerprint density at radius 2 is 2.06 bits per heavy atom. The third-order valence-electron chi connectivity index (χ3n) is 3.07. The quantitative estimate of drug-likeness (QED) is 0.778. The van der Waals surface area contributed by atoms with Crippen molar-refractivity contribution in [2.45, 2.75) is 39.2 Å². The van der Waals surface area contributed by atoms with Gasteiger partial charge in [0, 0.05) is 25.1 Å². The van der Waals surface area contributed by atoms with Gasteiger partial charge in [-0.3, -0.25) is 0 Å². The van der Waals surface area contributed by atoms with E-state index in [0.717, 1.165) is 0 Å². The minimum Gasteiger partial charge on any atom is -0.444 e. The maximum atomic E-state index is 11.8. The number of carbonyl (C=O) groups excluding carboxylic acids is 1. The van der Waals surface area contributed by atoms with Gasteiger partial charge in [-0.25, -0.2) is 4.79 Å². The van der Waals surface area contributed by atoms with E-state index < -0.39 is 5.60 Å². The summed E-state index contributed by atoms with van der Waals surface area (Å²) in [6, 6.07) is 0. The highest BCUT2D eigenvalue weighted by atomic mass is 16.6. The predicted octanol–water partition coefficient (Wildman–Crippen LogP) is 0.988. The second kappa shape index (κ2) is 5.23. The van der Waals surface area contributed by atoms with Crippen LogP contribution in [0.25, 0.3) is 0 Å². The summed E-state index contributed by atoms with van der Waals surface area (Å²) < 4.78 is 5.28. The van der Waals surface area contributed by atoms with Crippen molar-refractivity contribution in [1.29, 1.82) is 0 Å². The van der Waals surface area contributed by atoms with Gasteiger partial charge in [0.05, 0.1) is 6.61 Å². The standard InChI is InChI=1S/C12H23NO4/c1-11(2,3)17-10(16)13-6-4-12(8-13,9-15)5-7-14/h14-15H,4-9H2,1-3H3. The number of hydrogen-bond acceptors (Lipinski definition) is 4. The summed E-state index contributed by atoms with van der Waals surface area (Å²) in [5.41, 5.74) is -0.857. The van der Waals surface area contributed by atoms with Gasteiger partial charge < -0.3 is 19.8 Å². The number of amides is 1. The molecule has 17 heavy (non-hydrogen) atoms. The molecule has 1 aliphatic heterocycles. The lowest BCUT2D eigenvalue weighted by Gasteiger charge is -2.28. The highest BCUT2D eigenvalue weighted by molar-refractivity contribution is 5.68. The second-order valence-corrected chi connectivity index (χ2v) is 5.78. The van der Waals surface area contributed by atoms with Crippen LogP contribution in [0.15, 0.2) is 0 Å². The fourth-order valence-electron chi connectivity index (χ4n) is 2.07. The highest BCUT2D eigenvalue weighted by Gasteiger charge is 2.40. The molecule has 1 atom stereocenters. The molecule has 1 saturated heterocycles. The van der Waals surface area contributed by atoms with Crippen LogP contribution < -0.4 is 0 Å². The van der Waals surface area contributed by atoms with Gasteiger partial charge in [-0.2, -0.15) is 0 Å². The molecule has 0 spiro atoms. The molecule has 1 fully saturated rings. The van der Waals surface area contributed by atoms with Crippen LogP contribution in [0.5, 0.6) is 0 Å². The maximum Gasteiger partial charge on any atom is 0.410 e.